The predicted octanol–water partition coefficient (Wildman–Crippen LogP) is 5.15. The molecular formula is C31H36ClFN4O. The van der Waals surface area contributed by atoms with Crippen LogP contribution in [0.2, 0.25) is 5.02 Å². The predicted molar refractivity (Wildman–Crippen MR) is 155 cm³/mol. The lowest BCUT2D eigenvalue weighted by molar-refractivity contribution is -0.125. The Bertz CT molecular complexity index is 1230. The van der Waals surface area contributed by atoms with Crippen molar-refractivity contribution in [1.29, 1.82) is 0 Å². The van der Waals surface area contributed by atoms with Crippen molar-refractivity contribution in [2.24, 2.45) is 0 Å². The summed E-state index contributed by atoms with van der Waals surface area (Å²) in [6.45, 7) is 2.50. The van der Waals surface area contributed by atoms with Crippen molar-refractivity contribution in [3.8, 4) is 0 Å². The average molecular weight is 535 g/mol. The highest BCUT2D eigenvalue weighted by molar-refractivity contribution is 6.30. The standard InChI is InChI=1S/C31H36ClFN4O/c1-36(2)28-14-12-23(13-15-28)8-6-17-34-27-20-30(37(22-27)21-24-7-5-10-26(32)19-24)31(38)35-18-16-25-9-3-4-11-29(25)33/h3-15,19,27,30,34H,16-18,20-22H2,1-2H3,(H,35,38)/t27-,30-/m0/s1. The zero-order valence-electron chi connectivity index (χ0n) is 22.0. The van der Waals surface area contributed by atoms with E-state index in [2.05, 4.69) is 56.9 Å². The van der Waals surface area contributed by atoms with Gasteiger partial charge in [-0.2, -0.15) is 0 Å². The highest BCUT2D eigenvalue weighted by atomic mass is 35.5. The van der Waals surface area contributed by atoms with Crippen molar-refractivity contribution in [3.05, 3.63) is 106 Å². The third kappa shape index (κ3) is 7.90. The zero-order valence-corrected chi connectivity index (χ0v) is 22.8. The molecule has 2 N–H and O–H groups in total. The molecule has 1 aliphatic rings. The second kappa shape index (κ2) is 13.6. The van der Waals surface area contributed by atoms with E-state index < -0.39 is 0 Å². The van der Waals surface area contributed by atoms with E-state index in [4.69, 9.17) is 11.6 Å². The average Bonchev–Trinajstić information content (AvgIpc) is 3.30. The molecule has 1 heterocycles. The Labute approximate surface area is 230 Å². The van der Waals surface area contributed by atoms with E-state index >= 15 is 0 Å². The van der Waals surface area contributed by atoms with Gasteiger partial charge in [0.25, 0.3) is 0 Å². The highest BCUT2D eigenvalue weighted by Crippen LogP contribution is 2.22. The van der Waals surface area contributed by atoms with Crippen LogP contribution >= 0.6 is 11.6 Å². The van der Waals surface area contributed by atoms with Crippen molar-refractivity contribution in [1.82, 2.24) is 15.5 Å². The second-order valence-electron chi connectivity index (χ2n) is 9.94. The largest absolute Gasteiger partial charge is 0.378 e. The van der Waals surface area contributed by atoms with Crippen molar-refractivity contribution < 1.29 is 9.18 Å². The van der Waals surface area contributed by atoms with Gasteiger partial charge in [-0.25, -0.2) is 4.39 Å². The fourth-order valence-electron chi connectivity index (χ4n) is 4.82. The quantitative estimate of drug-likeness (QED) is 0.357. The second-order valence-corrected chi connectivity index (χ2v) is 10.4. The molecule has 3 aromatic rings. The van der Waals surface area contributed by atoms with E-state index in [1.165, 1.54) is 11.8 Å². The number of rotatable bonds is 11. The van der Waals surface area contributed by atoms with Crippen LogP contribution in [0.15, 0.2) is 78.9 Å². The minimum absolute atomic E-state index is 0.0239. The summed E-state index contributed by atoms with van der Waals surface area (Å²) >= 11 is 6.21. The minimum Gasteiger partial charge on any atom is -0.378 e. The lowest BCUT2D eigenvalue weighted by Gasteiger charge is -2.23. The van der Waals surface area contributed by atoms with Crippen LogP contribution in [0.1, 0.15) is 23.1 Å². The maximum Gasteiger partial charge on any atom is 0.237 e. The Hall–Kier alpha value is -3.19. The van der Waals surface area contributed by atoms with Crippen molar-refractivity contribution in [2.75, 3.05) is 38.6 Å². The lowest BCUT2D eigenvalue weighted by Crippen LogP contribution is -2.43. The third-order valence-electron chi connectivity index (χ3n) is 6.88. The summed E-state index contributed by atoms with van der Waals surface area (Å²) in [4.78, 5) is 17.5. The number of amides is 1. The molecule has 0 spiro atoms. The van der Waals surface area contributed by atoms with E-state index in [-0.39, 0.29) is 23.8 Å². The molecule has 0 bridgehead atoms. The number of benzene rings is 3. The monoisotopic (exact) mass is 534 g/mol. The van der Waals surface area contributed by atoms with E-state index in [0.29, 0.717) is 43.1 Å². The molecule has 2 atom stereocenters. The topological polar surface area (TPSA) is 47.6 Å². The number of carbonyl (C=O) groups excluding carboxylic acids is 1. The van der Waals surface area contributed by atoms with Crippen LogP contribution in [0.3, 0.4) is 0 Å². The Morgan fingerprint density at radius 1 is 1.11 bits per heavy atom. The summed E-state index contributed by atoms with van der Waals surface area (Å²) in [5.74, 6) is -0.264. The van der Waals surface area contributed by atoms with Crippen LogP contribution in [0.25, 0.3) is 6.08 Å². The number of halogens is 2. The summed E-state index contributed by atoms with van der Waals surface area (Å²) in [5.41, 5.74) is 4.00. The van der Waals surface area contributed by atoms with Gasteiger partial charge in [0.1, 0.15) is 5.82 Å². The lowest BCUT2D eigenvalue weighted by atomic mass is 10.1. The van der Waals surface area contributed by atoms with Gasteiger partial charge in [-0.1, -0.05) is 66.2 Å². The van der Waals surface area contributed by atoms with E-state index in [1.807, 2.05) is 44.4 Å². The Kier molecular flexibility index (Phi) is 9.93. The molecule has 1 amide bonds. The van der Waals surface area contributed by atoms with Gasteiger partial charge in [0, 0.05) is 57.0 Å². The number of carbonyl (C=O) groups is 1. The highest BCUT2D eigenvalue weighted by Gasteiger charge is 2.36. The van der Waals surface area contributed by atoms with Crippen LogP contribution in [0.4, 0.5) is 10.1 Å². The van der Waals surface area contributed by atoms with Gasteiger partial charge in [-0.3, -0.25) is 9.69 Å². The molecule has 0 aliphatic carbocycles. The number of nitrogens with one attached hydrogen (secondary N) is 2. The van der Waals surface area contributed by atoms with Crippen LogP contribution in [-0.4, -0.2) is 56.6 Å². The molecule has 1 aliphatic heterocycles. The smallest absolute Gasteiger partial charge is 0.237 e. The van der Waals surface area contributed by atoms with E-state index in [9.17, 15) is 9.18 Å². The number of likely N-dealkylation sites (tertiary alicyclic amines) is 1. The van der Waals surface area contributed by atoms with Crippen LogP contribution in [-0.2, 0) is 17.8 Å². The molecule has 0 aromatic heterocycles. The summed E-state index contributed by atoms with van der Waals surface area (Å²) in [7, 11) is 4.06. The summed E-state index contributed by atoms with van der Waals surface area (Å²) in [6.07, 6.45) is 5.39. The van der Waals surface area contributed by atoms with E-state index in [1.54, 1.807) is 12.1 Å². The molecule has 5 nitrogen and oxygen atoms in total. The first-order chi connectivity index (χ1) is 18.4. The molecule has 3 aromatic carbocycles. The summed E-state index contributed by atoms with van der Waals surface area (Å²) in [6, 6.07) is 22.8. The van der Waals surface area contributed by atoms with Gasteiger partial charge in [-0.05, 0) is 59.9 Å². The molecule has 1 fully saturated rings. The molecule has 0 unspecified atom stereocenters. The van der Waals surface area contributed by atoms with Crippen LogP contribution < -0.4 is 15.5 Å². The van der Waals surface area contributed by atoms with Gasteiger partial charge >= 0.3 is 0 Å². The Morgan fingerprint density at radius 2 is 1.89 bits per heavy atom. The SMILES string of the molecule is CN(C)c1ccc(C=CCN[C@H]2C[C@@H](C(=O)NCCc3ccccc3F)N(Cc3cccc(Cl)c3)C2)cc1. The Balaban J connectivity index is 1.34. The van der Waals surface area contributed by atoms with Gasteiger partial charge in [0.2, 0.25) is 5.91 Å². The third-order valence-corrected chi connectivity index (χ3v) is 7.11. The maximum absolute atomic E-state index is 14.0. The zero-order chi connectivity index (χ0) is 26.9. The van der Waals surface area contributed by atoms with E-state index in [0.717, 1.165) is 17.7 Å². The van der Waals surface area contributed by atoms with Crippen molar-refractivity contribution in [2.45, 2.75) is 31.5 Å². The first kappa shape index (κ1) is 27.8. The molecule has 200 valence electrons. The van der Waals surface area contributed by atoms with Crippen molar-refractivity contribution in [3.63, 3.8) is 0 Å². The van der Waals surface area contributed by atoms with Gasteiger partial charge in [0.15, 0.2) is 0 Å². The summed E-state index contributed by atoms with van der Waals surface area (Å²) in [5, 5.41) is 7.31. The first-order valence-corrected chi connectivity index (χ1v) is 13.4. The number of nitrogens with zero attached hydrogens (tertiary/aromatic N) is 2. The Morgan fingerprint density at radius 3 is 2.63 bits per heavy atom. The molecule has 1 saturated heterocycles. The normalized spacial score (nSPS) is 17.7. The van der Waals surface area contributed by atoms with Crippen LogP contribution in [0.5, 0.6) is 0 Å². The molecule has 4 rings (SSSR count). The van der Waals surface area contributed by atoms with Gasteiger partial charge in [0.05, 0.1) is 6.04 Å². The number of hydrogen-bond acceptors (Lipinski definition) is 4. The van der Waals surface area contributed by atoms with Gasteiger partial charge < -0.3 is 15.5 Å². The fraction of sp³-hybridized carbons (Fsp3) is 0.323. The number of anilines is 1. The molecule has 38 heavy (non-hydrogen) atoms. The molecule has 0 saturated carbocycles. The minimum atomic E-state index is -0.269. The molecule has 7 heteroatoms. The van der Waals surface area contributed by atoms with Crippen molar-refractivity contribution >= 4 is 29.3 Å². The molecular weight excluding hydrogens is 499 g/mol. The fourth-order valence-corrected chi connectivity index (χ4v) is 5.03. The van der Waals surface area contributed by atoms with Gasteiger partial charge in [-0.15, -0.1) is 0 Å². The van der Waals surface area contributed by atoms with Crippen LogP contribution in [0, 0.1) is 5.82 Å². The number of hydrogen-bond donors (Lipinski definition) is 2. The maximum atomic E-state index is 14.0. The first-order valence-electron chi connectivity index (χ1n) is 13.1. The molecule has 0 radical (unpaired) electrons. The summed E-state index contributed by atoms with van der Waals surface area (Å²) < 4.78 is 14.0.